The molecule has 0 saturated heterocycles. The minimum absolute atomic E-state index is 0.0873. The van der Waals surface area contributed by atoms with Crippen LogP contribution in [0.15, 0.2) is 42.5 Å². The van der Waals surface area contributed by atoms with Gasteiger partial charge < -0.3 is 14.8 Å². The van der Waals surface area contributed by atoms with Gasteiger partial charge in [0.15, 0.2) is 0 Å². The maximum Gasteiger partial charge on any atom is 0.137 e. The second kappa shape index (κ2) is 7.34. The molecule has 1 atom stereocenters. The van der Waals surface area contributed by atoms with Crippen molar-refractivity contribution in [3.8, 4) is 11.5 Å². The first-order chi connectivity index (χ1) is 10.2. The maximum absolute atomic E-state index is 6.24. The van der Waals surface area contributed by atoms with Crippen molar-refractivity contribution in [1.29, 1.82) is 0 Å². The molecule has 1 unspecified atom stereocenters. The van der Waals surface area contributed by atoms with Crippen molar-refractivity contribution in [3.63, 3.8) is 0 Å². The number of nitrogens with one attached hydrogen (secondary N) is 1. The maximum atomic E-state index is 6.24. The molecule has 0 bridgehead atoms. The number of benzene rings is 2. The van der Waals surface area contributed by atoms with Crippen LogP contribution in [0.2, 0.25) is 5.02 Å². The largest absolute Gasteiger partial charge is 0.497 e. The van der Waals surface area contributed by atoms with E-state index >= 15 is 0 Å². The van der Waals surface area contributed by atoms with E-state index in [1.165, 1.54) is 5.56 Å². The van der Waals surface area contributed by atoms with E-state index in [1.807, 2.05) is 30.3 Å². The Kier molecular flexibility index (Phi) is 5.48. The van der Waals surface area contributed by atoms with Gasteiger partial charge in [0.1, 0.15) is 11.5 Å². The predicted molar refractivity (Wildman–Crippen MR) is 86.5 cm³/mol. The highest BCUT2D eigenvalue weighted by Gasteiger charge is 2.14. The summed E-state index contributed by atoms with van der Waals surface area (Å²) in [4.78, 5) is 0. The number of rotatable bonds is 6. The summed E-state index contributed by atoms with van der Waals surface area (Å²) in [5, 5.41) is 4.09. The zero-order chi connectivity index (χ0) is 15.2. The Morgan fingerprint density at radius 2 is 1.67 bits per heavy atom. The molecule has 0 aromatic heterocycles. The molecule has 0 fully saturated rings. The van der Waals surface area contributed by atoms with Gasteiger partial charge in [-0.15, -0.1) is 0 Å². The molecule has 0 heterocycles. The smallest absolute Gasteiger partial charge is 0.137 e. The average molecular weight is 306 g/mol. The summed E-state index contributed by atoms with van der Waals surface area (Å²) in [6, 6.07) is 14.0. The quantitative estimate of drug-likeness (QED) is 0.873. The van der Waals surface area contributed by atoms with Crippen LogP contribution in [-0.4, -0.2) is 20.8 Å². The van der Waals surface area contributed by atoms with Gasteiger partial charge in [-0.1, -0.05) is 36.7 Å². The monoisotopic (exact) mass is 305 g/mol. The fourth-order valence-corrected chi connectivity index (χ4v) is 2.56. The Hall–Kier alpha value is -1.71. The lowest BCUT2D eigenvalue weighted by Gasteiger charge is -2.20. The van der Waals surface area contributed by atoms with Crippen LogP contribution in [-0.2, 0) is 0 Å². The van der Waals surface area contributed by atoms with Gasteiger partial charge >= 0.3 is 0 Å². The lowest BCUT2D eigenvalue weighted by molar-refractivity contribution is 0.414. The topological polar surface area (TPSA) is 30.5 Å². The van der Waals surface area contributed by atoms with Gasteiger partial charge in [0.25, 0.3) is 0 Å². The van der Waals surface area contributed by atoms with Crippen LogP contribution in [0.1, 0.15) is 24.1 Å². The second-order valence-corrected chi connectivity index (χ2v) is 5.07. The fraction of sp³-hybridized carbons (Fsp3) is 0.294. The zero-order valence-corrected chi connectivity index (χ0v) is 13.3. The van der Waals surface area contributed by atoms with E-state index < -0.39 is 0 Å². The normalized spacial score (nSPS) is 12.0. The van der Waals surface area contributed by atoms with Crippen molar-refractivity contribution in [2.24, 2.45) is 0 Å². The van der Waals surface area contributed by atoms with Gasteiger partial charge in [-0.3, -0.25) is 0 Å². The summed E-state index contributed by atoms with van der Waals surface area (Å²) in [7, 11) is 3.28. The SMILES string of the molecule is CCNC(c1ccc(OC)cc1)c1ccc(OC)c(Cl)c1. The van der Waals surface area contributed by atoms with Crippen LogP contribution < -0.4 is 14.8 Å². The summed E-state index contributed by atoms with van der Waals surface area (Å²) in [6.45, 7) is 2.95. The molecule has 2 rings (SSSR count). The molecule has 0 radical (unpaired) electrons. The summed E-state index contributed by atoms with van der Waals surface area (Å²) in [5.74, 6) is 1.53. The number of hydrogen-bond acceptors (Lipinski definition) is 3. The lowest BCUT2D eigenvalue weighted by Crippen LogP contribution is -2.21. The average Bonchev–Trinajstić information content (AvgIpc) is 2.52. The van der Waals surface area contributed by atoms with Crippen LogP contribution in [0.4, 0.5) is 0 Å². The van der Waals surface area contributed by atoms with E-state index in [2.05, 4.69) is 24.4 Å². The molecule has 4 heteroatoms. The highest BCUT2D eigenvalue weighted by Crippen LogP contribution is 2.30. The summed E-state index contributed by atoms with van der Waals surface area (Å²) < 4.78 is 10.4. The molecule has 1 N–H and O–H groups in total. The van der Waals surface area contributed by atoms with E-state index in [0.717, 1.165) is 17.9 Å². The predicted octanol–water partition coefficient (Wildman–Crippen LogP) is 4.06. The van der Waals surface area contributed by atoms with Crippen molar-refractivity contribution >= 4 is 11.6 Å². The van der Waals surface area contributed by atoms with Gasteiger partial charge in [0.2, 0.25) is 0 Å². The molecule has 2 aromatic rings. The van der Waals surface area contributed by atoms with Gasteiger partial charge in [-0.25, -0.2) is 0 Å². The molecule has 0 aliphatic heterocycles. The van der Waals surface area contributed by atoms with Crippen molar-refractivity contribution in [2.75, 3.05) is 20.8 Å². The van der Waals surface area contributed by atoms with E-state index in [0.29, 0.717) is 10.8 Å². The van der Waals surface area contributed by atoms with E-state index in [1.54, 1.807) is 14.2 Å². The molecule has 112 valence electrons. The van der Waals surface area contributed by atoms with Gasteiger partial charge in [-0.05, 0) is 41.9 Å². The Morgan fingerprint density at radius 1 is 1.00 bits per heavy atom. The number of hydrogen-bond donors (Lipinski definition) is 1. The summed E-state index contributed by atoms with van der Waals surface area (Å²) in [5.41, 5.74) is 2.27. The van der Waals surface area contributed by atoms with Crippen molar-refractivity contribution < 1.29 is 9.47 Å². The minimum Gasteiger partial charge on any atom is -0.497 e. The Bertz CT molecular complexity index is 584. The summed E-state index contributed by atoms with van der Waals surface area (Å²) >= 11 is 6.24. The molecular weight excluding hydrogens is 286 g/mol. The van der Waals surface area contributed by atoms with Gasteiger partial charge in [0, 0.05) is 0 Å². The highest BCUT2D eigenvalue weighted by molar-refractivity contribution is 6.32. The molecule has 0 saturated carbocycles. The Labute approximate surface area is 130 Å². The van der Waals surface area contributed by atoms with Crippen LogP contribution in [0, 0.1) is 0 Å². The van der Waals surface area contributed by atoms with Crippen LogP contribution in [0.25, 0.3) is 0 Å². The van der Waals surface area contributed by atoms with Crippen molar-refractivity contribution in [1.82, 2.24) is 5.32 Å². The third-order valence-electron chi connectivity index (χ3n) is 3.37. The first-order valence-electron chi connectivity index (χ1n) is 6.90. The van der Waals surface area contributed by atoms with Crippen molar-refractivity contribution in [3.05, 3.63) is 58.6 Å². The minimum atomic E-state index is 0.0873. The Morgan fingerprint density at radius 3 is 2.19 bits per heavy atom. The zero-order valence-electron chi connectivity index (χ0n) is 12.5. The Balaban J connectivity index is 2.35. The molecule has 21 heavy (non-hydrogen) atoms. The van der Waals surface area contributed by atoms with E-state index in [4.69, 9.17) is 21.1 Å². The van der Waals surface area contributed by atoms with Crippen LogP contribution >= 0.6 is 11.6 Å². The highest BCUT2D eigenvalue weighted by atomic mass is 35.5. The lowest BCUT2D eigenvalue weighted by atomic mass is 9.98. The van der Waals surface area contributed by atoms with E-state index in [-0.39, 0.29) is 6.04 Å². The molecule has 0 aliphatic carbocycles. The fourth-order valence-electron chi connectivity index (χ4n) is 2.29. The summed E-state index contributed by atoms with van der Waals surface area (Å²) in [6.07, 6.45) is 0. The van der Waals surface area contributed by atoms with Crippen LogP contribution in [0.3, 0.4) is 0 Å². The van der Waals surface area contributed by atoms with Crippen LogP contribution in [0.5, 0.6) is 11.5 Å². The molecular formula is C17H20ClNO2. The second-order valence-electron chi connectivity index (χ2n) is 4.66. The van der Waals surface area contributed by atoms with Gasteiger partial charge in [0.05, 0.1) is 25.3 Å². The first kappa shape index (κ1) is 15.7. The number of ether oxygens (including phenoxy) is 2. The third-order valence-corrected chi connectivity index (χ3v) is 3.66. The first-order valence-corrected chi connectivity index (χ1v) is 7.28. The van der Waals surface area contributed by atoms with E-state index in [9.17, 15) is 0 Å². The molecule has 0 spiro atoms. The molecule has 3 nitrogen and oxygen atoms in total. The van der Waals surface area contributed by atoms with Gasteiger partial charge in [-0.2, -0.15) is 0 Å². The standard InChI is InChI=1S/C17H20ClNO2/c1-4-19-17(12-5-8-14(20-2)9-6-12)13-7-10-16(21-3)15(18)11-13/h5-11,17,19H,4H2,1-3H3. The molecule has 0 aliphatic rings. The number of halogens is 1. The molecule has 0 amide bonds. The van der Waals surface area contributed by atoms with Crippen molar-refractivity contribution in [2.45, 2.75) is 13.0 Å². The third kappa shape index (κ3) is 3.69. The number of methoxy groups -OCH3 is 2. The molecule has 2 aromatic carbocycles.